The number of allylic oxidation sites excluding steroid dienone is 3. The number of hydrogen-bond acceptors (Lipinski definition) is 7. The molecule has 1 unspecified atom stereocenters. The van der Waals surface area contributed by atoms with Gasteiger partial charge in [-0.3, -0.25) is 10.1 Å². The number of nitro benzene ring substituents is 1. The highest BCUT2D eigenvalue weighted by molar-refractivity contribution is 5.92. The highest BCUT2D eigenvalue weighted by Gasteiger charge is 2.31. The van der Waals surface area contributed by atoms with E-state index >= 15 is 0 Å². The number of aromatic nitrogens is 2. The van der Waals surface area contributed by atoms with Crippen LogP contribution in [-0.4, -0.2) is 33.7 Å². The second-order valence-electron chi connectivity index (χ2n) is 8.96. The Morgan fingerprint density at radius 3 is 2.61 bits per heavy atom. The molecule has 1 aliphatic heterocycles. The fraction of sp³-hybridized carbons (Fsp3) is 0.481. The van der Waals surface area contributed by atoms with Crippen molar-refractivity contribution in [2.24, 2.45) is 0 Å². The molecule has 0 radical (unpaired) electrons. The lowest BCUT2D eigenvalue weighted by atomic mass is 9.86. The molecule has 3 rings (SSSR count). The lowest BCUT2D eigenvalue weighted by Crippen LogP contribution is -2.26. The van der Waals surface area contributed by atoms with Gasteiger partial charge in [0.2, 0.25) is 0 Å². The summed E-state index contributed by atoms with van der Waals surface area (Å²) in [5, 5.41) is 14.7. The Morgan fingerprint density at radius 1 is 1.17 bits per heavy atom. The molecule has 1 atom stereocenters. The van der Waals surface area contributed by atoms with E-state index in [0.717, 1.165) is 37.9 Å². The number of imidazole rings is 1. The van der Waals surface area contributed by atoms with E-state index in [1.165, 1.54) is 25.0 Å². The van der Waals surface area contributed by atoms with Crippen molar-refractivity contribution in [3.05, 3.63) is 75.6 Å². The molecule has 1 aromatic heterocycles. The fourth-order valence-corrected chi connectivity index (χ4v) is 4.43. The first kappa shape index (κ1) is 27.0. The molecule has 0 bridgehead atoms. The predicted molar refractivity (Wildman–Crippen MR) is 137 cm³/mol. The monoisotopic (exact) mass is 496 g/mol. The van der Waals surface area contributed by atoms with Gasteiger partial charge in [-0.05, 0) is 39.7 Å². The molecular weight excluding hydrogens is 460 g/mol. The zero-order chi connectivity index (χ0) is 25.9. The average molecular weight is 497 g/mol. The number of carbonyl (C=O) groups is 1. The Balaban J connectivity index is 1.61. The van der Waals surface area contributed by atoms with Gasteiger partial charge in [-0.25, -0.2) is 9.78 Å². The van der Waals surface area contributed by atoms with Gasteiger partial charge in [0.1, 0.15) is 5.75 Å². The minimum Gasteiger partial charge on any atom is -0.493 e. The molecule has 0 amide bonds. The normalized spacial score (nSPS) is 15.3. The lowest BCUT2D eigenvalue weighted by molar-refractivity contribution is -0.384. The van der Waals surface area contributed by atoms with Gasteiger partial charge in [-0.2, -0.15) is 0 Å². The van der Waals surface area contributed by atoms with E-state index in [1.54, 1.807) is 19.2 Å². The number of rotatable bonds is 14. The molecule has 0 spiro atoms. The van der Waals surface area contributed by atoms with Crippen LogP contribution in [0.5, 0.6) is 5.75 Å². The summed E-state index contributed by atoms with van der Waals surface area (Å²) in [4.78, 5) is 27.9. The summed E-state index contributed by atoms with van der Waals surface area (Å²) in [6.45, 7) is 7.20. The molecule has 0 saturated carbocycles. The lowest BCUT2D eigenvalue weighted by Gasteiger charge is -2.27. The fourth-order valence-electron chi connectivity index (χ4n) is 4.43. The van der Waals surface area contributed by atoms with Crippen molar-refractivity contribution in [2.75, 3.05) is 13.2 Å². The van der Waals surface area contributed by atoms with Crippen molar-refractivity contribution in [1.82, 2.24) is 14.9 Å². The largest absolute Gasteiger partial charge is 0.493 e. The summed E-state index contributed by atoms with van der Waals surface area (Å²) in [5.74, 6) is -0.399. The first-order chi connectivity index (χ1) is 17.4. The zero-order valence-electron chi connectivity index (χ0n) is 21.4. The van der Waals surface area contributed by atoms with Crippen LogP contribution in [0.4, 0.5) is 5.69 Å². The van der Waals surface area contributed by atoms with Crippen molar-refractivity contribution < 1.29 is 19.2 Å². The maximum absolute atomic E-state index is 12.8. The van der Waals surface area contributed by atoms with Crippen LogP contribution in [0.25, 0.3) is 0 Å². The van der Waals surface area contributed by atoms with Gasteiger partial charge >= 0.3 is 5.97 Å². The topological polar surface area (TPSA) is 109 Å². The second-order valence-corrected chi connectivity index (χ2v) is 8.96. The Morgan fingerprint density at radius 2 is 1.92 bits per heavy atom. The molecular formula is C27H36N4O5. The second kappa shape index (κ2) is 13.5. The Labute approximate surface area is 212 Å². The van der Waals surface area contributed by atoms with Crippen LogP contribution >= 0.6 is 0 Å². The molecule has 1 aliphatic rings. The number of nitro groups is 1. The van der Waals surface area contributed by atoms with Gasteiger partial charge in [0, 0.05) is 53.9 Å². The van der Waals surface area contributed by atoms with E-state index in [2.05, 4.69) is 14.9 Å². The summed E-state index contributed by atoms with van der Waals surface area (Å²) in [6.07, 6.45) is 14.1. The third kappa shape index (κ3) is 7.44. The third-order valence-corrected chi connectivity index (χ3v) is 6.18. The summed E-state index contributed by atoms with van der Waals surface area (Å²) >= 11 is 0. The van der Waals surface area contributed by atoms with Crippen molar-refractivity contribution in [3.63, 3.8) is 0 Å². The number of unbranched alkanes of at least 4 members (excludes halogenated alkanes) is 5. The van der Waals surface area contributed by atoms with Gasteiger partial charge in [0.15, 0.2) is 0 Å². The standard InChI is InChI=1S/C27H36N4O5/c1-4-35-27(32)26-21(3)29-20(2)17-24(26)23-18-22(31(33)34)11-12-25(23)36-16-10-8-6-5-7-9-14-30-15-13-28-19-30/h11-13,15,17-19,24,29H,4-10,14,16H2,1-3H3. The molecule has 0 fully saturated rings. The van der Waals surface area contributed by atoms with E-state index in [9.17, 15) is 14.9 Å². The van der Waals surface area contributed by atoms with Crippen molar-refractivity contribution in [1.29, 1.82) is 0 Å². The van der Waals surface area contributed by atoms with E-state index < -0.39 is 16.8 Å². The van der Waals surface area contributed by atoms with Crippen molar-refractivity contribution in [3.8, 4) is 5.75 Å². The van der Waals surface area contributed by atoms with E-state index in [0.29, 0.717) is 29.2 Å². The summed E-state index contributed by atoms with van der Waals surface area (Å²) < 4.78 is 13.5. The Kier molecular flexibility index (Phi) is 10.1. The number of nitrogens with zero attached hydrogens (tertiary/aromatic N) is 3. The number of hydrogen-bond donors (Lipinski definition) is 1. The van der Waals surface area contributed by atoms with Crippen molar-refractivity contribution in [2.45, 2.75) is 71.8 Å². The Bertz CT molecular complexity index is 1090. The molecule has 2 aromatic rings. The zero-order valence-corrected chi connectivity index (χ0v) is 21.4. The van der Waals surface area contributed by atoms with Gasteiger partial charge < -0.3 is 19.4 Å². The van der Waals surface area contributed by atoms with Crippen LogP contribution in [0.1, 0.15) is 70.8 Å². The minimum absolute atomic E-state index is 0.0431. The molecule has 0 saturated heterocycles. The van der Waals surface area contributed by atoms with Gasteiger partial charge in [0.25, 0.3) is 5.69 Å². The summed E-state index contributed by atoms with van der Waals surface area (Å²) in [6, 6.07) is 4.58. The maximum Gasteiger partial charge on any atom is 0.336 e. The number of dihydropyridines is 1. The van der Waals surface area contributed by atoms with Crippen molar-refractivity contribution >= 4 is 11.7 Å². The highest BCUT2D eigenvalue weighted by Crippen LogP contribution is 2.39. The predicted octanol–water partition coefficient (Wildman–Crippen LogP) is 5.64. The smallest absolute Gasteiger partial charge is 0.336 e. The number of ether oxygens (including phenoxy) is 2. The highest BCUT2D eigenvalue weighted by atomic mass is 16.6. The molecule has 36 heavy (non-hydrogen) atoms. The van der Waals surface area contributed by atoms with Crippen LogP contribution in [0, 0.1) is 10.1 Å². The number of non-ortho nitro benzene ring substituents is 1. The van der Waals surface area contributed by atoms with E-state index in [-0.39, 0.29) is 12.3 Å². The maximum atomic E-state index is 12.8. The van der Waals surface area contributed by atoms with E-state index in [4.69, 9.17) is 9.47 Å². The van der Waals surface area contributed by atoms with Crippen LogP contribution < -0.4 is 10.1 Å². The molecule has 1 aromatic carbocycles. The van der Waals surface area contributed by atoms with E-state index in [1.807, 2.05) is 32.4 Å². The molecule has 0 aliphatic carbocycles. The number of aryl methyl sites for hydroxylation is 1. The first-order valence-corrected chi connectivity index (χ1v) is 12.6. The number of carbonyl (C=O) groups excluding carboxylic acids is 1. The van der Waals surface area contributed by atoms with Gasteiger partial charge in [0.05, 0.1) is 30.0 Å². The first-order valence-electron chi connectivity index (χ1n) is 12.6. The van der Waals surface area contributed by atoms with Crippen LogP contribution in [-0.2, 0) is 16.1 Å². The minimum atomic E-state index is -0.504. The summed E-state index contributed by atoms with van der Waals surface area (Å²) in [7, 11) is 0. The number of nitrogens with one attached hydrogen (secondary N) is 1. The van der Waals surface area contributed by atoms with Crippen LogP contribution in [0.15, 0.2) is 60.0 Å². The Hall–Kier alpha value is -3.62. The van der Waals surface area contributed by atoms with Gasteiger partial charge in [-0.1, -0.05) is 31.8 Å². The van der Waals surface area contributed by atoms with Crippen LogP contribution in [0.2, 0.25) is 0 Å². The quantitative estimate of drug-likeness (QED) is 0.156. The third-order valence-electron chi connectivity index (χ3n) is 6.18. The molecule has 1 N–H and O–H groups in total. The molecule has 9 heteroatoms. The number of benzene rings is 1. The average Bonchev–Trinajstić information content (AvgIpc) is 3.36. The summed E-state index contributed by atoms with van der Waals surface area (Å²) in [5.41, 5.74) is 2.51. The van der Waals surface area contributed by atoms with Gasteiger partial charge in [-0.15, -0.1) is 0 Å². The number of esters is 1. The molecule has 9 nitrogen and oxygen atoms in total. The SMILES string of the molecule is CCOC(=O)C1=C(C)NC(C)=CC1c1cc([N+](=O)[O-])ccc1OCCCCCCCCn1ccnc1. The molecule has 194 valence electrons. The van der Waals surface area contributed by atoms with Crippen LogP contribution in [0.3, 0.4) is 0 Å². The molecule has 2 heterocycles.